The molecule has 0 aliphatic carbocycles. The van der Waals surface area contributed by atoms with Crippen LogP contribution in [0.5, 0.6) is 0 Å². The van der Waals surface area contributed by atoms with E-state index in [0.717, 1.165) is 12.8 Å². The Balaban J connectivity index is 1.85. The fraction of sp³-hybridized carbons (Fsp3) is 0.706. The Morgan fingerprint density at radius 2 is 2.05 bits per heavy atom. The molecule has 0 spiro atoms. The summed E-state index contributed by atoms with van der Waals surface area (Å²) in [4.78, 5) is 14.7. The van der Waals surface area contributed by atoms with Gasteiger partial charge in [-0.05, 0) is 52.7 Å². The first-order valence-electron chi connectivity index (χ1n) is 8.19. The maximum atomic E-state index is 12.4. The zero-order valence-corrected chi connectivity index (χ0v) is 14.0. The highest BCUT2D eigenvalue weighted by atomic mass is 16.4. The van der Waals surface area contributed by atoms with Gasteiger partial charge in [-0.15, -0.1) is 0 Å². The summed E-state index contributed by atoms with van der Waals surface area (Å²) < 4.78 is 5.19. The van der Waals surface area contributed by atoms with Crippen LogP contribution in [0.4, 0.5) is 0 Å². The fourth-order valence-electron chi connectivity index (χ4n) is 3.47. The lowest BCUT2D eigenvalue weighted by Gasteiger charge is -2.32. The molecule has 0 radical (unpaired) electrons. The summed E-state index contributed by atoms with van der Waals surface area (Å²) in [6, 6.07) is 4.13. The van der Waals surface area contributed by atoms with Gasteiger partial charge in [-0.1, -0.05) is 0 Å². The van der Waals surface area contributed by atoms with Crippen molar-refractivity contribution in [3.63, 3.8) is 0 Å². The molecule has 124 valence electrons. The number of aliphatic hydroxyl groups excluding tert-OH is 1. The van der Waals surface area contributed by atoms with Crippen molar-refractivity contribution in [3.8, 4) is 0 Å². The van der Waals surface area contributed by atoms with E-state index in [9.17, 15) is 9.90 Å². The molecule has 2 heterocycles. The van der Waals surface area contributed by atoms with Crippen molar-refractivity contribution in [2.45, 2.75) is 77.2 Å². The number of nitrogens with one attached hydrogen (secondary N) is 1. The van der Waals surface area contributed by atoms with Crippen molar-refractivity contribution >= 4 is 5.91 Å². The first-order valence-corrected chi connectivity index (χ1v) is 8.19. The largest absolute Gasteiger partial charge is 0.467 e. The van der Waals surface area contributed by atoms with Crippen molar-refractivity contribution in [3.05, 3.63) is 24.2 Å². The minimum atomic E-state index is -0.690. The molecule has 0 unspecified atom stereocenters. The number of likely N-dealkylation sites (tertiary alicyclic amines) is 1. The monoisotopic (exact) mass is 308 g/mol. The van der Waals surface area contributed by atoms with Gasteiger partial charge in [0.1, 0.15) is 11.9 Å². The fourth-order valence-corrected chi connectivity index (χ4v) is 3.47. The molecule has 0 bridgehead atoms. The second-order valence-corrected chi connectivity index (χ2v) is 6.58. The van der Waals surface area contributed by atoms with Crippen LogP contribution >= 0.6 is 0 Å². The van der Waals surface area contributed by atoms with E-state index in [0.29, 0.717) is 24.3 Å². The van der Waals surface area contributed by atoms with E-state index in [1.54, 1.807) is 18.4 Å². The zero-order chi connectivity index (χ0) is 16.3. The highest BCUT2D eigenvalue weighted by Gasteiger charge is 2.34. The average Bonchev–Trinajstić information content (AvgIpc) is 3.08. The summed E-state index contributed by atoms with van der Waals surface area (Å²) in [7, 11) is 0. The number of furan rings is 1. The molecular weight excluding hydrogens is 280 g/mol. The summed E-state index contributed by atoms with van der Waals surface area (Å²) >= 11 is 0. The molecule has 1 aromatic rings. The average molecular weight is 308 g/mol. The van der Waals surface area contributed by atoms with Gasteiger partial charge in [0.25, 0.3) is 0 Å². The number of amides is 1. The number of hydrogen-bond donors (Lipinski definition) is 2. The summed E-state index contributed by atoms with van der Waals surface area (Å²) in [6.45, 7) is 8.23. The topological polar surface area (TPSA) is 65.7 Å². The number of rotatable bonds is 6. The standard InChI is InChI=1S/C17H28N2O3/c1-11(10-15(20)16-6-5-9-22-16)18-17(21)14(4)19-12(2)7-8-13(19)3/h5-6,9,11-15,20H,7-8,10H2,1-4H3,(H,18,21)/t11-,12-,13-,14+,15+/m1/s1. The van der Waals surface area contributed by atoms with Gasteiger partial charge in [0.05, 0.1) is 12.3 Å². The van der Waals surface area contributed by atoms with E-state index in [-0.39, 0.29) is 18.0 Å². The lowest BCUT2D eigenvalue weighted by atomic mass is 10.1. The number of carbonyl (C=O) groups excluding carboxylic acids is 1. The molecule has 2 rings (SSSR count). The second-order valence-electron chi connectivity index (χ2n) is 6.58. The van der Waals surface area contributed by atoms with E-state index in [1.807, 2.05) is 13.8 Å². The van der Waals surface area contributed by atoms with Gasteiger partial charge in [-0.25, -0.2) is 0 Å². The van der Waals surface area contributed by atoms with Crippen LogP contribution in [0.2, 0.25) is 0 Å². The Morgan fingerprint density at radius 1 is 1.41 bits per heavy atom. The predicted octanol–water partition coefficient (Wildman–Crippen LogP) is 2.47. The first kappa shape index (κ1) is 17.0. The smallest absolute Gasteiger partial charge is 0.237 e. The molecule has 1 aliphatic heterocycles. The SMILES string of the molecule is C[C@H](C[C@H](O)c1ccco1)NC(=O)[C@H](C)N1[C@H](C)CC[C@H]1C. The van der Waals surface area contributed by atoms with Gasteiger partial charge in [0.15, 0.2) is 0 Å². The third-order valence-corrected chi connectivity index (χ3v) is 4.68. The lowest BCUT2D eigenvalue weighted by Crippen LogP contribution is -2.51. The van der Waals surface area contributed by atoms with Gasteiger partial charge in [-0.2, -0.15) is 0 Å². The molecule has 22 heavy (non-hydrogen) atoms. The van der Waals surface area contributed by atoms with E-state index in [4.69, 9.17) is 4.42 Å². The summed E-state index contributed by atoms with van der Waals surface area (Å²) in [5.41, 5.74) is 0. The van der Waals surface area contributed by atoms with Crippen molar-refractivity contribution in [1.29, 1.82) is 0 Å². The number of hydrogen-bond acceptors (Lipinski definition) is 4. The molecule has 5 nitrogen and oxygen atoms in total. The molecule has 1 amide bonds. The Bertz CT molecular complexity index is 464. The highest BCUT2D eigenvalue weighted by Crippen LogP contribution is 2.26. The molecule has 1 saturated heterocycles. The Kier molecular flexibility index (Phi) is 5.64. The number of nitrogens with zero attached hydrogens (tertiary/aromatic N) is 1. The summed E-state index contributed by atoms with van der Waals surface area (Å²) in [5, 5.41) is 13.1. The molecule has 0 aromatic carbocycles. The number of carbonyl (C=O) groups is 1. The van der Waals surface area contributed by atoms with E-state index in [1.165, 1.54) is 0 Å². The molecule has 1 fully saturated rings. The van der Waals surface area contributed by atoms with E-state index in [2.05, 4.69) is 24.1 Å². The molecule has 5 heteroatoms. The molecule has 1 aromatic heterocycles. The van der Waals surface area contributed by atoms with Gasteiger partial charge >= 0.3 is 0 Å². The molecule has 1 aliphatic rings. The lowest BCUT2D eigenvalue weighted by molar-refractivity contribution is -0.127. The van der Waals surface area contributed by atoms with Gasteiger partial charge < -0.3 is 14.8 Å². The Labute approximate surface area is 132 Å². The van der Waals surface area contributed by atoms with Crippen LogP contribution in [0.1, 0.15) is 58.8 Å². The van der Waals surface area contributed by atoms with Crippen LogP contribution in [0.25, 0.3) is 0 Å². The zero-order valence-electron chi connectivity index (χ0n) is 14.0. The quantitative estimate of drug-likeness (QED) is 0.847. The van der Waals surface area contributed by atoms with Crippen LogP contribution in [0.3, 0.4) is 0 Å². The third kappa shape index (κ3) is 3.90. The van der Waals surface area contributed by atoms with Crippen molar-refractivity contribution in [1.82, 2.24) is 10.2 Å². The van der Waals surface area contributed by atoms with E-state index >= 15 is 0 Å². The van der Waals surface area contributed by atoms with Crippen LogP contribution in [-0.2, 0) is 4.79 Å². The van der Waals surface area contributed by atoms with E-state index < -0.39 is 6.10 Å². The normalized spacial score (nSPS) is 26.6. The van der Waals surface area contributed by atoms with Gasteiger partial charge in [0.2, 0.25) is 5.91 Å². The Hall–Kier alpha value is -1.33. The minimum Gasteiger partial charge on any atom is -0.467 e. The Morgan fingerprint density at radius 3 is 2.59 bits per heavy atom. The molecule has 2 N–H and O–H groups in total. The maximum absolute atomic E-state index is 12.4. The molecule has 0 saturated carbocycles. The number of aliphatic hydroxyl groups is 1. The van der Waals surface area contributed by atoms with Crippen molar-refractivity contribution in [2.75, 3.05) is 0 Å². The van der Waals surface area contributed by atoms with Crippen LogP contribution in [-0.4, -0.2) is 40.1 Å². The van der Waals surface area contributed by atoms with Crippen LogP contribution in [0, 0.1) is 0 Å². The second kappa shape index (κ2) is 7.29. The molecule has 5 atom stereocenters. The minimum absolute atomic E-state index is 0.0275. The van der Waals surface area contributed by atoms with Crippen LogP contribution in [0.15, 0.2) is 22.8 Å². The summed E-state index contributed by atoms with van der Waals surface area (Å²) in [5.74, 6) is 0.565. The van der Waals surface area contributed by atoms with Crippen LogP contribution < -0.4 is 5.32 Å². The highest BCUT2D eigenvalue weighted by molar-refractivity contribution is 5.81. The maximum Gasteiger partial charge on any atom is 0.237 e. The summed E-state index contributed by atoms with van der Waals surface area (Å²) in [6.07, 6.45) is 3.58. The first-order chi connectivity index (χ1) is 10.4. The third-order valence-electron chi connectivity index (χ3n) is 4.68. The van der Waals surface area contributed by atoms with Crippen molar-refractivity contribution < 1.29 is 14.3 Å². The predicted molar refractivity (Wildman–Crippen MR) is 85.3 cm³/mol. The molecular formula is C17H28N2O3. The van der Waals surface area contributed by atoms with Gasteiger partial charge in [0, 0.05) is 24.5 Å². The van der Waals surface area contributed by atoms with Crippen molar-refractivity contribution in [2.24, 2.45) is 0 Å². The van der Waals surface area contributed by atoms with Gasteiger partial charge in [-0.3, -0.25) is 9.69 Å².